The number of esters is 3. The summed E-state index contributed by atoms with van der Waals surface area (Å²) < 4.78 is 15.6. The maximum absolute atomic E-state index is 12.9. The number of benzene rings is 2. The molecule has 0 heterocycles. The lowest BCUT2D eigenvalue weighted by molar-refractivity contribution is -0.183. The van der Waals surface area contributed by atoms with Crippen molar-refractivity contribution in [3.05, 3.63) is 58.6 Å². The van der Waals surface area contributed by atoms with Gasteiger partial charge in [0, 0.05) is 16.3 Å². The van der Waals surface area contributed by atoms with E-state index < -0.39 is 28.8 Å². The minimum absolute atomic E-state index is 0.0282. The van der Waals surface area contributed by atoms with Gasteiger partial charge in [0.2, 0.25) is 0 Å². The molecule has 7 nitrogen and oxygen atoms in total. The number of thioether (sulfide) groups is 1. The summed E-state index contributed by atoms with van der Waals surface area (Å²) >= 11 is 4.68. The average Bonchev–Trinajstić information content (AvgIpc) is 2.80. The van der Waals surface area contributed by atoms with Crippen LogP contribution in [0.2, 0.25) is 0 Å². The Morgan fingerprint density at radius 1 is 1.00 bits per heavy atom. The minimum Gasteiger partial charge on any atom is -0.463 e. The van der Waals surface area contributed by atoms with Gasteiger partial charge in [-0.2, -0.15) is 0 Å². The quantitative estimate of drug-likeness (QED) is 0.195. The van der Waals surface area contributed by atoms with Crippen LogP contribution in [-0.2, 0) is 28.6 Å². The summed E-state index contributed by atoms with van der Waals surface area (Å²) in [5.74, 6) is -2.51. The number of ether oxygens (including phenoxy) is 3. The van der Waals surface area contributed by atoms with Crippen molar-refractivity contribution in [1.82, 2.24) is 0 Å². The molecule has 0 fully saturated rings. The number of rotatable bonds is 11. The molecule has 2 aromatic rings. The summed E-state index contributed by atoms with van der Waals surface area (Å²) in [6, 6.07) is 11.2. The van der Waals surface area contributed by atoms with Crippen molar-refractivity contribution in [3.8, 4) is 0 Å². The fourth-order valence-corrected chi connectivity index (χ4v) is 5.24. The van der Waals surface area contributed by atoms with E-state index in [1.165, 1.54) is 6.08 Å². The van der Waals surface area contributed by atoms with Crippen LogP contribution in [0.15, 0.2) is 53.0 Å². The average molecular weight is 539 g/mol. The Morgan fingerprint density at radius 3 is 2.21 bits per heavy atom. The molecule has 0 saturated carbocycles. The van der Waals surface area contributed by atoms with Crippen LogP contribution < -0.4 is 0 Å². The summed E-state index contributed by atoms with van der Waals surface area (Å²) in [6.07, 6.45) is 2.80. The smallest absolute Gasteiger partial charge is 0.351 e. The second-order valence-electron chi connectivity index (χ2n) is 6.77. The fraction of sp³-hybridized carbons (Fsp3) is 0.375. The van der Waals surface area contributed by atoms with Crippen LogP contribution in [0.5, 0.6) is 0 Å². The maximum atomic E-state index is 12.9. The number of halogens is 1. The highest BCUT2D eigenvalue weighted by atomic mass is 79.9. The van der Waals surface area contributed by atoms with Crippen molar-refractivity contribution >= 4 is 56.4 Å². The normalized spacial score (nSPS) is 12.5. The van der Waals surface area contributed by atoms with Gasteiger partial charge in [0.05, 0.1) is 25.1 Å². The van der Waals surface area contributed by atoms with E-state index in [2.05, 4.69) is 15.9 Å². The predicted molar refractivity (Wildman–Crippen MR) is 131 cm³/mol. The Kier molecular flexibility index (Phi) is 10.4. The highest BCUT2D eigenvalue weighted by Gasteiger charge is 2.55. The molecule has 1 atom stereocenters. The molecule has 2 rings (SSSR count). The maximum Gasteiger partial charge on any atom is 0.351 e. The van der Waals surface area contributed by atoms with E-state index in [4.69, 9.17) is 14.2 Å². The first-order chi connectivity index (χ1) is 15.8. The van der Waals surface area contributed by atoms with Crippen LogP contribution in [0.25, 0.3) is 10.8 Å². The molecule has 0 radical (unpaired) electrons. The van der Waals surface area contributed by atoms with Crippen LogP contribution in [0.3, 0.4) is 0 Å². The van der Waals surface area contributed by atoms with Crippen LogP contribution in [0.4, 0.5) is 0 Å². The van der Waals surface area contributed by atoms with Gasteiger partial charge >= 0.3 is 17.9 Å². The molecule has 9 heteroatoms. The zero-order valence-electron chi connectivity index (χ0n) is 18.7. The highest BCUT2D eigenvalue weighted by Crippen LogP contribution is 2.45. The van der Waals surface area contributed by atoms with Crippen LogP contribution >= 0.6 is 27.7 Å². The first-order valence-corrected chi connectivity index (χ1v) is 12.3. The second kappa shape index (κ2) is 12.8. The molecule has 0 spiro atoms. The van der Waals surface area contributed by atoms with Gasteiger partial charge in [-0.25, -0.2) is 14.4 Å². The predicted octanol–water partition coefficient (Wildman–Crippen LogP) is 4.35. The van der Waals surface area contributed by atoms with E-state index in [9.17, 15) is 19.5 Å². The fourth-order valence-electron chi connectivity index (χ4n) is 3.15. The summed E-state index contributed by atoms with van der Waals surface area (Å²) in [7, 11) is 0. The van der Waals surface area contributed by atoms with E-state index in [0.29, 0.717) is 10.0 Å². The van der Waals surface area contributed by atoms with E-state index >= 15 is 0 Å². The van der Waals surface area contributed by atoms with E-state index in [1.807, 2.05) is 30.3 Å². The first kappa shape index (κ1) is 26.9. The lowest BCUT2D eigenvalue weighted by Gasteiger charge is -2.32. The second-order valence-corrected chi connectivity index (χ2v) is 8.70. The molecular formula is C24H27BrO7S. The van der Waals surface area contributed by atoms with Crippen LogP contribution in [0, 0.1) is 0 Å². The summed E-state index contributed by atoms with van der Waals surface area (Å²) in [5, 5.41) is 12.2. The molecule has 178 valence electrons. The standard InChI is InChI=1S/C24H27BrO7S/c1-4-30-19(26)12-9-15-33-21(24(29,22(27)31-5-2)23(28)32-6-3)18-14-13-16-10-7-8-11-17(16)20(18)25/h7-14,21,29H,4-6,15H2,1-3H3/b12-9+. The van der Waals surface area contributed by atoms with Crippen molar-refractivity contribution in [2.45, 2.75) is 31.6 Å². The summed E-state index contributed by atoms with van der Waals surface area (Å²) in [6.45, 7) is 5.06. The topological polar surface area (TPSA) is 99.1 Å². The van der Waals surface area contributed by atoms with Crippen LogP contribution in [-0.4, -0.2) is 54.2 Å². The number of hydrogen-bond acceptors (Lipinski definition) is 8. The molecule has 0 bridgehead atoms. The van der Waals surface area contributed by atoms with Gasteiger partial charge in [-0.15, -0.1) is 11.8 Å². The van der Waals surface area contributed by atoms with Crippen molar-refractivity contribution < 1.29 is 33.7 Å². The van der Waals surface area contributed by atoms with E-state index in [0.717, 1.165) is 22.5 Å². The molecule has 0 amide bonds. The summed E-state index contributed by atoms with van der Waals surface area (Å²) in [5.41, 5.74) is -2.11. The van der Waals surface area contributed by atoms with Crippen molar-refractivity contribution in [3.63, 3.8) is 0 Å². The van der Waals surface area contributed by atoms with E-state index in [1.54, 1.807) is 32.9 Å². The van der Waals surface area contributed by atoms with Crippen molar-refractivity contribution in [2.24, 2.45) is 0 Å². The first-order valence-electron chi connectivity index (χ1n) is 10.5. The SMILES string of the molecule is CCOC(=O)/C=C/CSC(c1ccc2ccccc2c1Br)C(O)(C(=O)OCC)C(=O)OCC. The third-order valence-corrected chi connectivity index (χ3v) is 6.83. The molecule has 1 N–H and O–H groups in total. The van der Waals surface area contributed by atoms with Crippen molar-refractivity contribution in [1.29, 1.82) is 0 Å². The minimum atomic E-state index is -2.61. The molecule has 1 unspecified atom stereocenters. The van der Waals surface area contributed by atoms with Crippen LogP contribution in [0.1, 0.15) is 31.6 Å². The lowest BCUT2D eigenvalue weighted by atomic mass is 9.92. The zero-order valence-corrected chi connectivity index (χ0v) is 21.1. The summed E-state index contributed by atoms with van der Waals surface area (Å²) in [4.78, 5) is 37.4. The monoisotopic (exact) mass is 538 g/mol. The Bertz CT molecular complexity index is 1000. The van der Waals surface area contributed by atoms with Gasteiger partial charge < -0.3 is 19.3 Å². The van der Waals surface area contributed by atoms with Gasteiger partial charge in [0.15, 0.2) is 0 Å². The van der Waals surface area contributed by atoms with E-state index in [-0.39, 0.29) is 25.6 Å². The largest absolute Gasteiger partial charge is 0.463 e. The third kappa shape index (κ3) is 6.37. The molecule has 0 saturated heterocycles. The number of carbonyl (C=O) groups is 3. The molecule has 2 aromatic carbocycles. The number of carbonyl (C=O) groups excluding carboxylic acids is 3. The molecule has 0 aromatic heterocycles. The Hall–Kier alpha value is -2.36. The lowest BCUT2D eigenvalue weighted by Crippen LogP contribution is -2.52. The highest BCUT2D eigenvalue weighted by molar-refractivity contribution is 9.10. The molecule has 0 aliphatic carbocycles. The molecule has 33 heavy (non-hydrogen) atoms. The van der Waals surface area contributed by atoms with Gasteiger partial charge in [-0.3, -0.25) is 0 Å². The Morgan fingerprint density at radius 2 is 1.61 bits per heavy atom. The Balaban J connectivity index is 2.57. The number of fused-ring (bicyclic) bond motifs is 1. The van der Waals surface area contributed by atoms with Gasteiger partial charge in [-0.05, 0) is 53.0 Å². The molecule has 0 aliphatic heterocycles. The Labute approximate surface area is 205 Å². The van der Waals surface area contributed by atoms with Gasteiger partial charge in [0.25, 0.3) is 5.60 Å². The number of hydrogen-bond donors (Lipinski definition) is 1. The van der Waals surface area contributed by atoms with Gasteiger partial charge in [0.1, 0.15) is 0 Å². The molecular weight excluding hydrogens is 512 g/mol. The van der Waals surface area contributed by atoms with Crippen molar-refractivity contribution in [2.75, 3.05) is 25.6 Å². The number of aliphatic hydroxyl groups is 1. The zero-order chi connectivity index (χ0) is 24.4. The van der Waals surface area contributed by atoms with Gasteiger partial charge in [-0.1, -0.05) is 42.5 Å². The third-order valence-electron chi connectivity index (χ3n) is 4.63. The molecule has 0 aliphatic rings.